The average molecular weight is 281 g/mol. The molecule has 0 atom stereocenters. The van der Waals surface area contributed by atoms with E-state index in [1.54, 1.807) is 6.21 Å². The van der Waals surface area contributed by atoms with Crippen molar-refractivity contribution in [2.75, 3.05) is 12.2 Å². The fourth-order valence-corrected chi connectivity index (χ4v) is 2.08. The molecule has 1 aliphatic heterocycles. The summed E-state index contributed by atoms with van der Waals surface area (Å²) < 4.78 is 16.1. The normalized spacial score (nSPS) is 13.1. The van der Waals surface area contributed by atoms with E-state index >= 15 is 0 Å². The predicted octanol–water partition coefficient (Wildman–Crippen LogP) is 3.00. The largest absolute Gasteiger partial charge is 0.454 e. The zero-order chi connectivity index (χ0) is 14.1. The first-order valence-electron chi connectivity index (χ1n) is 6.43. The summed E-state index contributed by atoms with van der Waals surface area (Å²) in [6.07, 6.45) is 1.66. The van der Waals surface area contributed by atoms with E-state index in [1.807, 2.05) is 42.5 Å². The molecule has 1 aromatic heterocycles. The maximum Gasteiger partial charge on any atom is 0.316 e. The second-order valence-corrected chi connectivity index (χ2v) is 4.47. The number of hydrazone groups is 1. The molecule has 0 saturated heterocycles. The van der Waals surface area contributed by atoms with E-state index in [4.69, 9.17) is 13.9 Å². The summed E-state index contributed by atoms with van der Waals surface area (Å²) in [5.41, 5.74) is 5.17. The molecule has 2 heterocycles. The number of anilines is 1. The topological polar surface area (TPSA) is 68.9 Å². The molecular weight excluding hydrogens is 270 g/mol. The fourth-order valence-electron chi connectivity index (χ4n) is 2.08. The highest BCUT2D eigenvalue weighted by molar-refractivity contribution is 5.81. The lowest BCUT2D eigenvalue weighted by atomic mass is 10.2. The number of nitrogens with zero attached hydrogens (tertiary/aromatic N) is 2. The number of hydrogen-bond acceptors (Lipinski definition) is 6. The van der Waals surface area contributed by atoms with Gasteiger partial charge < -0.3 is 13.9 Å². The van der Waals surface area contributed by atoms with Crippen LogP contribution in [0.1, 0.15) is 5.56 Å². The van der Waals surface area contributed by atoms with Gasteiger partial charge >= 0.3 is 6.01 Å². The Hall–Kier alpha value is -3.02. The summed E-state index contributed by atoms with van der Waals surface area (Å²) in [5.74, 6) is 1.47. The first kappa shape index (κ1) is 11.8. The van der Waals surface area contributed by atoms with E-state index in [2.05, 4.69) is 15.5 Å². The number of hydrogen-bond donors (Lipinski definition) is 1. The van der Waals surface area contributed by atoms with Crippen LogP contribution in [0.3, 0.4) is 0 Å². The molecule has 104 valence electrons. The zero-order valence-electron chi connectivity index (χ0n) is 10.9. The van der Waals surface area contributed by atoms with Gasteiger partial charge in [-0.15, -0.1) is 0 Å². The van der Waals surface area contributed by atoms with Crippen LogP contribution in [0.25, 0.3) is 11.1 Å². The molecule has 1 N–H and O–H groups in total. The second-order valence-electron chi connectivity index (χ2n) is 4.47. The number of benzene rings is 2. The number of nitrogens with one attached hydrogen (secondary N) is 1. The standard InChI is InChI=1S/C15H11N3O3/c1-2-4-12-11(3-1)17-15(21-12)18-16-8-10-5-6-13-14(7-10)20-9-19-13/h1-8H,9H2,(H,17,18). The molecule has 0 radical (unpaired) electrons. The van der Waals surface area contributed by atoms with Gasteiger partial charge in [-0.1, -0.05) is 12.1 Å². The summed E-state index contributed by atoms with van der Waals surface area (Å²) in [6, 6.07) is 13.5. The highest BCUT2D eigenvalue weighted by Gasteiger charge is 2.12. The Morgan fingerprint density at radius 3 is 2.95 bits per heavy atom. The molecule has 0 bridgehead atoms. The molecule has 6 heteroatoms. The van der Waals surface area contributed by atoms with Crippen LogP contribution in [0.15, 0.2) is 52.0 Å². The third-order valence-corrected chi connectivity index (χ3v) is 3.06. The van der Waals surface area contributed by atoms with Crippen LogP contribution in [0.5, 0.6) is 11.5 Å². The van der Waals surface area contributed by atoms with Crippen molar-refractivity contribution in [3.05, 3.63) is 48.0 Å². The van der Waals surface area contributed by atoms with Gasteiger partial charge in [-0.05, 0) is 35.9 Å². The molecule has 6 nitrogen and oxygen atoms in total. The Balaban J connectivity index is 1.50. The lowest BCUT2D eigenvalue weighted by Crippen LogP contribution is -1.93. The predicted molar refractivity (Wildman–Crippen MR) is 77.8 cm³/mol. The van der Waals surface area contributed by atoms with E-state index in [0.717, 1.165) is 28.2 Å². The number of rotatable bonds is 3. The van der Waals surface area contributed by atoms with Gasteiger partial charge in [-0.25, -0.2) is 5.43 Å². The van der Waals surface area contributed by atoms with Crippen molar-refractivity contribution in [3.63, 3.8) is 0 Å². The first-order valence-corrected chi connectivity index (χ1v) is 6.43. The van der Waals surface area contributed by atoms with Gasteiger partial charge in [0.05, 0.1) is 6.21 Å². The zero-order valence-corrected chi connectivity index (χ0v) is 10.9. The molecule has 21 heavy (non-hydrogen) atoms. The Kier molecular flexibility index (Phi) is 2.71. The Morgan fingerprint density at radius 2 is 2.00 bits per heavy atom. The van der Waals surface area contributed by atoms with E-state index in [0.29, 0.717) is 6.01 Å². The number of oxazole rings is 1. The fraction of sp³-hybridized carbons (Fsp3) is 0.0667. The summed E-state index contributed by atoms with van der Waals surface area (Å²) >= 11 is 0. The monoisotopic (exact) mass is 281 g/mol. The van der Waals surface area contributed by atoms with Crippen LogP contribution in [0.4, 0.5) is 6.01 Å². The molecule has 1 aliphatic rings. The highest BCUT2D eigenvalue weighted by Crippen LogP contribution is 2.32. The van der Waals surface area contributed by atoms with Crippen LogP contribution >= 0.6 is 0 Å². The van der Waals surface area contributed by atoms with E-state index in [9.17, 15) is 0 Å². The molecule has 2 aromatic carbocycles. The van der Waals surface area contributed by atoms with Crippen LogP contribution in [-0.4, -0.2) is 18.0 Å². The third-order valence-electron chi connectivity index (χ3n) is 3.06. The maximum atomic E-state index is 5.50. The van der Waals surface area contributed by atoms with E-state index in [1.165, 1.54) is 0 Å². The molecule has 0 spiro atoms. The van der Waals surface area contributed by atoms with Crippen molar-refractivity contribution in [2.24, 2.45) is 5.10 Å². The number of para-hydroxylation sites is 2. The quantitative estimate of drug-likeness (QED) is 0.590. The second kappa shape index (κ2) is 4.82. The van der Waals surface area contributed by atoms with Gasteiger partial charge in [-0.2, -0.15) is 10.1 Å². The molecule has 3 aromatic rings. The van der Waals surface area contributed by atoms with Gasteiger partial charge in [-0.3, -0.25) is 0 Å². The van der Waals surface area contributed by atoms with Gasteiger partial charge in [0.1, 0.15) is 5.52 Å². The lowest BCUT2D eigenvalue weighted by molar-refractivity contribution is 0.174. The SMILES string of the molecule is C(=NNc1nc2ccccc2o1)c1ccc2c(c1)OCO2. The minimum atomic E-state index is 0.261. The van der Waals surface area contributed by atoms with Gasteiger partial charge in [0.25, 0.3) is 0 Å². The highest BCUT2D eigenvalue weighted by atomic mass is 16.7. The van der Waals surface area contributed by atoms with Crippen molar-refractivity contribution in [1.82, 2.24) is 4.98 Å². The molecule has 0 saturated carbocycles. The lowest BCUT2D eigenvalue weighted by Gasteiger charge is -1.97. The van der Waals surface area contributed by atoms with Crippen LogP contribution in [0.2, 0.25) is 0 Å². The Bertz CT molecular complexity index is 793. The summed E-state index contributed by atoms with van der Waals surface area (Å²) in [5, 5.41) is 4.10. The number of ether oxygens (including phenoxy) is 2. The van der Waals surface area contributed by atoms with Crippen molar-refractivity contribution >= 4 is 23.3 Å². The number of aromatic nitrogens is 1. The average Bonchev–Trinajstić information content (AvgIpc) is 3.12. The van der Waals surface area contributed by atoms with Gasteiger partial charge in [0.15, 0.2) is 17.1 Å². The molecule has 0 aliphatic carbocycles. The first-order chi connectivity index (χ1) is 10.4. The Morgan fingerprint density at radius 1 is 1.10 bits per heavy atom. The van der Waals surface area contributed by atoms with Gasteiger partial charge in [0, 0.05) is 0 Å². The summed E-state index contributed by atoms with van der Waals surface area (Å²) in [6.45, 7) is 0.261. The minimum Gasteiger partial charge on any atom is -0.454 e. The van der Waals surface area contributed by atoms with Crippen LogP contribution < -0.4 is 14.9 Å². The van der Waals surface area contributed by atoms with Crippen molar-refractivity contribution < 1.29 is 13.9 Å². The number of fused-ring (bicyclic) bond motifs is 2. The van der Waals surface area contributed by atoms with E-state index < -0.39 is 0 Å². The van der Waals surface area contributed by atoms with Gasteiger partial charge in [0.2, 0.25) is 6.79 Å². The summed E-state index contributed by atoms with van der Waals surface area (Å²) in [4.78, 5) is 4.27. The third kappa shape index (κ3) is 2.27. The Labute approximate surface area is 120 Å². The molecular formula is C15H11N3O3. The molecule has 0 fully saturated rings. The van der Waals surface area contributed by atoms with Crippen molar-refractivity contribution in [2.45, 2.75) is 0 Å². The minimum absolute atomic E-state index is 0.261. The summed E-state index contributed by atoms with van der Waals surface area (Å²) in [7, 11) is 0. The van der Waals surface area contributed by atoms with Crippen LogP contribution in [0, 0.1) is 0 Å². The van der Waals surface area contributed by atoms with E-state index in [-0.39, 0.29) is 6.79 Å². The molecule has 4 rings (SSSR count). The van der Waals surface area contributed by atoms with Crippen molar-refractivity contribution in [3.8, 4) is 11.5 Å². The smallest absolute Gasteiger partial charge is 0.316 e. The molecule has 0 amide bonds. The van der Waals surface area contributed by atoms with Crippen molar-refractivity contribution in [1.29, 1.82) is 0 Å². The maximum absolute atomic E-state index is 5.50. The van der Waals surface area contributed by atoms with Crippen LogP contribution in [-0.2, 0) is 0 Å². The molecule has 0 unspecified atom stereocenters.